The van der Waals surface area contributed by atoms with Gasteiger partial charge in [0.15, 0.2) is 0 Å². The van der Waals surface area contributed by atoms with E-state index in [0.717, 1.165) is 10.5 Å². The van der Waals surface area contributed by atoms with Crippen molar-refractivity contribution in [3.8, 4) is 0 Å². The van der Waals surface area contributed by atoms with Crippen molar-refractivity contribution in [3.05, 3.63) is 47.3 Å². The second-order valence-electron chi connectivity index (χ2n) is 4.79. The first-order valence-electron chi connectivity index (χ1n) is 6.36. The number of ether oxygens (including phenoxy) is 1. The molecule has 2 aromatic rings. The van der Waals surface area contributed by atoms with E-state index in [0.29, 0.717) is 12.9 Å². The van der Waals surface area contributed by atoms with Crippen molar-refractivity contribution in [3.63, 3.8) is 0 Å². The Bertz CT molecular complexity index is 651. The van der Waals surface area contributed by atoms with Crippen LogP contribution in [0.25, 0.3) is 0 Å². The molecule has 0 saturated carbocycles. The molecule has 1 aliphatic rings. The molecule has 1 aromatic heterocycles. The number of thioether (sulfide) groups is 1. The summed E-state index contributed by atoms with van der Waals surface area (Å²) >= 11 is 7.43. The van der Waals surface area contributed by atoms with Gasteiger partial charge in [0.1, 0.15) is 5.82 Å². The molecule has 0 fully saturated rings. The van der Waals surface area contributed by atoms with Crippen molar-refractivity contribution in [1.82, 2.24) is 9.55 Å². The van der Waals surface area contributed by atoms with E-state index in [1.54, 1.807) is 30.4 Å². The number of halogens is 2. The predicted molar refractivity (Wildman–Crippen MR) is 77.7 cm³/mol. The Morgan fingerprint density at radius 2 is 2.43 bits per heavy atom. The van der Waals surface area contributed by atoms with Crippen molar-refractivity contribution in [2.45, 2.75) is 16.7 Å². The first-order valence-corrected chi connectivity index (χ1v) is 7.62. The molecular weight excluding hydrogens is 315 g/mol. The van der Waals surface area contributed by atoms with Crippen LogP contribution in [0, 0.1) is 11.7 Å². The summed E-state index contributed by atoms with van der Waals surface area (Å²) in [6.07, 6.45) is 5.90. The highest BCUT2D eigenvalue weighted by Crippen LogP contribution is 2.46. The van der Waals surface area contributed by atoms with Crippen LogP contribution < -0.4 is 0 Å². The summed E-state index contributed by atoms with van der Waals surface area (Å²) in [6, 6.07) is 3.11. The van der Waals surface area contributed by atoms with Crippen molar-refractivity contribution >= 4 is 29.8 Å². The average molecular weight is 327 g/mol. The highest BCUT2D eigenvalue weighted by atomic mass is 35.5. The van der Waals surface area contributed by atoms with Gasteiger partial charge in [0.2, 0.25) is 0 Å². The number of rotatable bonds is 4. The Balaban J connectivity index is 1.94. The van der Waals surface area contributed by atoms with Gasteiger partial charge in [0, 0.05) is 23.2 Å². The molecule has 0 spiro atoms. The van der Waals surface area contributed by atoms with E-state index in [9.17, 15) is 9.18 Å². The lowest BCUT2D eigenvalue weighted by molar-refractivity contribution is -0.130. The number of fused-ring (bicyclic) bond motifs is 1. The van der Waals surface area contributed by atoms with Gasteiger partial charge in [-0.2, -0.15) is 0 Å². The molecule has 0 aliphatic carbocycles. The third kappa shape index (κ3) is 2.91. The zero-order valence-electron chi connectivity index (χ0n) is 10.9. The minimum absolute atomic E-state index is 0.0291. The van der Waals surface area contributed by atoms with Gasteiger partial charge in [-0.3, -0.25) is 4.79 Å². The van der Waals surface area contributed by atoms with Crippen LogP contribution in [0.4, 0.5) is 4.39 Å². The second-order valence-corrected chi connectivity index (χ2v) is 6.35. The zero-order valence-corrected chi connectivity index (χ0v) is 12.5. The maximum atomic E-state index is 13.6. The molecule has 1 aromatic carbocycles. The lowest BCUT2D eigenvalue weighted by Crippen LogP contribution is -2.26. The van der Waals surface area contributed by atoms with E-state index < -0.39 is 5.82 Å². The van der Waals surface area contributed by atoms with E-state index in [2.05, 4.69) is 4.98 Å². The number of nitrogens with zero attached hydrogens (tertiary/aromatic N) is 2. The maximum absolute atomic E-state index is 13.6. The molecule has 2 heterocycles. The molecule has 2 atom stereocenters. The van der Waals surface area contributed by atoms with Crippen molar-refractivity contribution in [1.29, 1.82) is 0 Å². The SMILES string of the molecule is O=COCC1Cc2cc(F)c(Cl)cc2SC1n1ccnc1. The first-order chi connectivity index (χ1) is 10.2. The number of hydrogen-bond acceptors (Lipinski definition) is 4. The van der Waals surface area contributed by atoms with Gasteiger partial charge >= 0.3 is 0 Å². The summed E-state index contributed by atoms with van der Waals surface area (Å²) in [5.41, 5.74) is 0.887. The topological polar surface area (TPSA) is 44.1 Å². The Morgan fingerprint density at radius 1 is 1.57 bits per heavy atom. The fourth-order valence-corrected chi connectivity index (χ4v) is 4.06. The third-order valence-electron chi connectivity index (χ3n) is 3.43. The Labute approximate surface area is 130 Å². The Morgan fingerprint density at radius 3 is 3.14 bits per heavy atom. The smallest absolute Gasteiger partial charge is 0.293 e. The Kier molecular flexibility index (Phi) is 4.17. The van der Waals surface area contributed by atoms with Crippen LogP contribution >= 0.6 is 23.4 Å². The molecule has 0 bridgehead atoms. The minimum Gasteiger partial charge on any atom is -0.467 e. The van der Waals surface area contributed by atoms with Gasteiger partial charge in [0.05, 0.1) is 23.3 Å². The molecule has 0 amide bonds. The van der Waals surface area contributed by atoms with E-state index >= 15 is 0 Å². The molecule has 3 rings (SSSR count). The normalized spacial score (nSPS) is 20.9. The number of hydrogen-bond donors (Lipinski definition) is 0. The molecule has 1 aliphatic heterocycles. The van der Waals surface area contributed by atoms with E-state index in [4.69, 9.17) is 16.3 Å². The van der Waals surface area contributed by atoms with Crippen molar-refractivity contribution in [2.75, 3.05) is 6.61 Å². The minimum atomic E-state index is -0.424. The summed E-state index contributed by atoms with van der Waals surface area (Å²) in [5.74, 6) is -0.380. The number of imidazole rings is 1. The summed E-state index contributed by atoms with van der Waals surface area (Å²) in [7, 11) is 0. The van der Waals surface area contributed by atoms with Crippen LogP contribution in [0.5, 0.6) is 0 Å². The lowest BCUT2D eigenvalue weighted by Gasteiger charge is -2.32. The summed E-state index contributed by atoms with van der Waals surface area (Å²) in [4.78, 5) is 15.5. The molecule has 0 N–H and O–H groups in total. The standard InChI is InChI=1S/C14H12ClFN2O2S/c15-11-5-13-9(4-12(11)16)3-10(6-20-8-19)14(21-13)18-2-1-17-7-18/h1-2,4-5,7-8,10,14H,3,6H2. The highest BCUT2D eigenvalue weighted by Gasteiger charge is 2.31. The summed E-state index contributed by atoms with van der Waals surface area (Å²) in [6.45, 7) is 0.719. The monoisotopic (exact) mass is 326 g/mol. The number of benzene rings is 1. The molecule has 110 valence electrons. The van der Waals surface area contributed by atoms with Crippen LogP contribution in [0.3, 0.4) is 0 Å². The molecule has 0 radical (unpaired) electrons. The summed E-state index contributed by atoms with van der Waals surface area (Å²) in [5, 5.41) is 0.148. The van der Waals surface area contributed by atoms with Gasteiger partial charge < -0.3 is 9.30 Å². The molecule has 7 heteroatoms. The highest BCUT2D eigenvalue weighted by molar-refractivity contribution is 7.99. The van der Waals surface area contributed by atoms with Gasteiger partial charge in [-0.25, -0.2) is 9.37 Å². The first kappa shape index (κ1) is 14.4. The van der Waals surface area contributed by atoms with Crippen LogP contribution in [0.1, 0.15) is 10.9 Å². The van der Waals surface area contributed by atoms with Gasteiger partial charge in [-0.1, -0.05) is 23.4 Å². The van der Waals surface area contributed by atoms with Gasteiger partial charge in [-0.05, 0) is 24.1 Å². The van der Waals surface area contributed by atoms with E-state index in [1.165, 1.54) is 6.07 Å². The van der Waals surface area contributed by atoms with Crippen molar-refractivity contribution in [2.24, 2.45) is 5.92 Å². The van der Waals surface area contributed by atoms with Gasteiger partial charge in [0.25, 0.3) is 6.47 Å². The number of aromatic nitrogens is 2. The lowest BCUT2D eigenvalue weighted by atomic mass is 9.98. The maximum Gasteiger partial charge on any atom is 0.293 e. The van der Waals surface area contributed by atoms with Crippen LogP contribution in [0.15, 0.2) is 35.7 Å². The quantitative estimate of drug-likeness (QED) is 0.809. The molecule has 4 nitrogen and oxygen atoms in total. The molecule has 2 unspecified atom stereocenters. The molecule has 21 heavy (non-hydrogen) atoms. The largest absolute Gasteiger partial charge is 0.467 e. The number of carbonyl (C=O) groups is 1. The fraction of sp³-hybridized carbons (Fsp3) is 0.286. The number of carbonyl (C=O) groups excluding carboxylic acids is 1. The third-order valence-corrected chi connectivity index (χ3v) is 5.23. The van der Waals surface area contributed by atoms with Crippen molar-refractivity contribution < 1.29 is 13.9 Å². The van der Waals surface area contributed by atoms with Crippen LogP contribution in [0.2, 0.25) is 5.02 Å². The zero-order chi connectivity index (χ0) is 14.8. The van der Waals surface area contributed by atoms with E-state index in [-0.39, 0.29) is 22.9 Å². The summed E-state index contributed by atoms with van der Waals surface area (Å²) < 4.78 is 20.5. The second kappa shape index (κ2) is 6.07. The predicted octanol–water partition coefficient (Wildman–Crippen LogP) is 3.31. The van der Waals surface area contributed by atoms with Gasteiger partial charge in [-0.15, -0.1) is 0 Å². The van der Waals surface area contributed by atoms with Crippen LogP contribution in [-0.2, 0) is 16.0 Å². The molecular formula is C14H12ClFN2O2S. The van der Waals surface area contributed by atoms with Crippen LogP contribution in [-0.4, -0.2) is 22.6 Å². The molecule has 0 saturated heterocycles. The average Bonchev–Trinajstić information content (AvgIpc) is 3.00. The van der Waals surface area contributed by atoms with E-state index in [1.807, 2.05) is 10.8 Å². The Hall–Kier alpha value is -1.53. The fourth-order valence-electron chi connectivity index (χ4n) is 2.48.